The summed E-state index contributed by atoms with van der Waals surface area (Å²) < 4.78 is 68.9. The molecule has 0 aliphatic rings. The first-order valence-electron chi connectivity index (χ1n) is 22.7. The second kappa shape index (κ2) is 15.4. The summed E-state index contributed by atoms with van der Waals surface area (Å²) in [5, 5.41) is 12.2. The van der Waals surface area contributed by atoms with Crippen molar-refractivity contribution >= 4 is 11.0 Å². The van der Waals surface area contributed by atoms with Crippen molar-refractivity contribution in [2.45, 2.75) is 66.1 Å². The zero-order valence-corrected chi connectivity index (χ0v) is 35.3. The summed E-state index contributed by atoms with van der Waals surface area (Å²) in [6.07, 6.45) is 1.57. The Hall–Kier alpha value is -5.57. The van der Waals surface area contributed by atoms with Crippen molar-refractivity contribution in [3.05, 3.63) is 168 Å². The number of para-hydroxylation sites is 1. The number of aryl methyl sites for hydroxylation is 2. The van der Waals surface area contributed by atoms with Crippen LogP contribution >= 0.6 is 0 Å². The van der Waals surface area contributed by atoms with Gasteiger partial charge < -0.3 is 5.11 Å². The molecule has 0 fully saturated rings. The normalized spacial score (nSPS) is 14.0. The van der Waals surface area contributed by atoms with Gasteiger partial charge in [-0.1, -0.05) is 149 Å². The van der Waals surface area contributed by atoms with Gasteiger partial charge in [0, 0.05) is 48.2 Å². The minimum atomic E-state index is -2.36. The Morgan fingerprint density at radius 2 is 1.42 bits per heavy atom. The maximum absolute atomic E-state index is 12.2. The molecule has 2 heterocycles. The molecule has 0 radical (unpaired) electrons. The van der Waals surface area contributed by atoms with Gasteiger partial charge in [-0.15, -0.1) is 29.3 Å². The Kier molecular flexibility index (Phi) is 8.26. The van der Waals surface area contributed by atoms with Crippen LogP contribution in [-0.4, -0.2) is 19.6 Å². The van der Waals surface area contributed by atoms with Crippen LogP contribution in [0.3, 0.4) is 0 Å². The van der Waals surface area contributed by atoms with Gasteiger partial charge in [0.1, 0.15) is 11.6 Å². The van der Waals surface area contributed by atoms with Crippen molar-refractivity contribution in [2.75, 3.05) is 0 Å². The summed E-state index contributed by atoms with van der Waals surface area (Å²) in [5.41, 5.74) is 9.22. The molecule has 0 amide bonds. The van der Waals surface area contributed by atoms with E-state index in [0.717, 1.165) is 27.8 Å². The summed E-state index contributed by atoms with van der Waals surface area (Å²) in [7, 11) is 0. The van der Waals surface area contributed by atoms with E-state index in [2.05, 4.69) is 53.7 Å². The summed E-state index contributed by atoms with van der Waals surface area (Å²) in [6, 6.07) is 33.8. The van der Waals surface area contributed by atoms with E-state index in [1.54, 1.807) is 30.5 Å². The molecule has 5 heteroatoms. The van der Waals surface area contributed by atoms with Gasteiger partial charge in [-0.2, -0.15) is 0 Å². The summed E-state index contributed by atoms with van der Waals surface area (Å²) in [4.78, 5) is 10.1. The van der Waals surface area contributed by atoms with E-state index in [-0.39, 0.29) is 55.4 Å². The maximum atomic E-state index is 12.2. The Morgan fingerprint density at radius 3 is 2.14 bits per heavy atom. The second-order valence-corrected chi connectivity index (χ2v) is 16.4. The summed E-state index contributed by atoms with van der Waals surface area (Å²) >= 11 is 0. The Bertz CT molecular complexity index is 3120. The zero-order valence-electron chi connectivity index (χ0n) is 41.0. The molecule has 0 aliphatic heterocycles. The van der Waals surface area contributed by atoms with Crippen LogP contribution < -0.4 is 0 Å². The number of aromatic hydroxyl groups is 1. The van der Waals surface area contributed by atoms with Crippen LogP contribution in [0, 0.1) is 19.8 Å². The van der Waals surface area contributed by atoms with Crippen LogP contribution in [0.4, 0.5) is 0 Å². The van der Waals surface area contributed by atoms with Gasteiger partial charge in [0.05, 0.1) is 29.1 Å². The minimum absolute atomic E-state index is 0. The largest absolute Gasteiger partial charge is 0.507 e. The molecule has 8 aromatic rings. The molecule has 288 valence electrons. The fourth-order valence-corrected chi connectivity index (χ4v) is 7.26. The predicted molar refractivity (Wildman–Crippen MR) is 233 cm³/mol. The first-order valence-corrected chi connectivity index (χ1v) is 18.7. The molecular weight excluding hydrogens is 878 g/mol. The predicted octanol–water partition coefficient (Wildman–Crippen LogP) is 13.5. The number of hydrogen-bond acceptors (Lipinski definition) is 3. The van der Waals surface area contributed by atoms with E-state index in [9.17, 15) is 5.11 Å². The summed E-state index contributed by atoms with van der Waals surface area (Å²) in [5.74, 6) is 0.568. The molecular formula is C52H48N3OPt-. The Balaban J connectivity index is 0.00000630. The third-order valence-corrected chi connectivity index (χ3v) is 10.2. The van der Waals surface area contributed by atoms with Crippen molar-refractivity contribution in [1.82, 2.24) is 14.5 Å². The van der Waals surface area contributed by atoms with Crippen LogP contribution in [-0.2, 0) is 31.9 Å². The fourth-order valence-electron chi connectivity index (χ4n) is 7.26. The van der Waals surface area contributed by atoms with Crippen LogP contribution in [0.2, 0.25) is 0 Å². The topological polar surface area (TPSA) is 50.9 Å². The Morgan fingerprint density at radius 1 is 0.684 bits per heavy atom. The molecule has 57 heavy (non-hydrogen) atoms. The first-order chi connectivity index (χ1) is 30.0. The molecule has 0 saturated heterocycles. The van der Waals surface area contributed by atoms with Gasteiger partial charge in [-0.25, -0.2) is 4.98 Å². The number of aromatic nitrogens is 3. The molecule has 4 nitrogen and oxygen atoms in total. The molecule has 8 rings (SSSR count). The van der Waals surface area contributed by atoms with E-state index in [0.29, 0.717) is 56.1 Å². The second-order valence-electron chi connectivity index (χ2n) is 16.4. The van der Waals surface area contributed by atoms with Crippen molar-refractivity contribution in [1.29, 1.82) is 0 Å². The van der Waals surface area contributed by atoms with Crippen LogP contribution in [0.15, 0.2) is 140 Å². The number of pyridine rings is 1. The first kappa shape index (κ1) is 30.6. The van der Waals surface area contributed by atoms with Crippen molar-refractivity contribution in [3.8, 4) is 67.5 Å². The van der Waals surface area contributed by atoms with E-state index >= 15 is 0 Å². The van der Waals surface area contributed by atoms with E-state index in [4.69, 9.17) is 20.9 Å². The number of rotatable bonds is 6. The standard InChI is InChI=1S/C52H48N3O.Pt/c1-33-22-23-46(42(26-33)36-18-13-10-14-19-36)55-47-21-15-20-41(48(47)54-50(55)43-27-34(2)28-44(49(43)56)52(6,7)8)38-29-39(31-40(30-38)51(3,4)5)45-32-37(24-25-53-45)35-16-11-9-12-17-35;/h9-28,30-32,56H,1-8H3;/q-1;/i1D3,9D,11D,12D,16D,17D;. The number of fused-ring (bicyclic) bond motifs is 1. The third kappa shape index (κ3) is 7.76. The minimum Gasteiger partial charge on any atom is -0.507 e. The zero-order chi connectivity index (χ0) is 46.2. The monoisotopic (exact) mass is 933 g/mol. The number of imidazole rings is 1. The molecule has 1 N–H and O–H groups in total. The molecule has 6 aromatic carbocycles. The van der Waals surface area contributed by atoms with Gasteiger partial charge in [-0.3, -0.25) is 9.55 Å². The third-order valence-electron chi connectivity index (χ3n) is 10.2. The van der Waals surface area contributed by atoms with Gasteiger partial charge >= 0.3 is 0 Å². The molecule has 2 aromatic heterocycles. The Labute approximate surface area is 362 Å². The van der Waals surface area contributed by atoms with Gasteiger partial charge in [-0.05, 0) is 77.2 Å². The smallest absolute Gasteiger partial charge is 0.148 e. The SMILES string of the molecule is [2H]c1c([2H])c([2H])c(-c2ccnc(-c3[c-]c(-c4cccc5c4nc(-c4cc(C)cc(C(C)(C)C)c4O)n5-c4ccc(C([2H])([2H])[2H])cc4-c4ccccc4)cc(C(C)(C)C)c3)c2)c([2H])c1[2H].[Pt]. The van der Waals surface area contributed by atoms with Gasteiger partial charge in [0.15, 0.2) is 0 Å². The number of phenols is 1. The van der Waals surface area contributed by atoms with E-state index in [1.165, 1.54) is 0 Å². The molecule has 0 aliphatic carbocycles. The van der Waals surface area contributed by atoms with E-state index in [1.807, 2.05) is 84.3 Å². The maximum Gasteiger partial charge on any atom is 0.148 e. The van der Waals surface area contributed by atoms with Gasteiger partial charge in [0.2, 0.25) is 0 Å². The van der Waals surface area contributed by atoms with Crippen molar-refractivity contribution in [3.63, 3.8) is 0 Å². The number of nitrogens with zero attached hydrogens (tertiary/aromatic N) is 3. The number of benzene rings is 6. The van der Waals surface area contributed by atoms with Crippen LogP contribution in [0.25, 0.3) is 72.7 Å². The quantitative estimate of drug-likeness (QED) is 0.169. The van der Waals surface area contributed by atoms with Crippen molar-refractivity contribution in [2.24, 2.45) is 0 Å². The van der Waals surface area contributed by atoms with E-state index < -0.39 is 30.4 Å². The molecule has 0 saturated carbocycles. The van der Waals surface area contributed by atoms with Gasteiger partial charge in [0.25, 0.3) is 0 Å². The van der Waals surface area contributed by atoms with Crippen molar-refractivity contribution < 1.29 is 37.1 Å². The average molecular weight is 934 g/mol. The summed E-state index contributed by atoms with van der Waals surface area (Å²) in [6.45, 7) is 12.1. The number of phenolic OH excluding ortho intramolecular Hbond substituents is 1. The molecule has 0 unspecified atom stereocenters. The average Bonchev–Trinajstić information content (AvgIpc) is 3.64. The molecule has 0 atom stereocenters. The van der Waals surface area contributed by atoms with Crippen LogP contribution in [0.1, 0.15) is 74.8 Å². The number of hydrogen-bond donors (Lipinski definition) is 1. The molecule has 0 bridgehead atoms. The fraction of sp³-hybridized carbons (Fsp3) is 0.192. The van der Waals surface area contributed by atoms with Crippen LogP contribution in [0.5, 0.6) is 5.75 Å². The molecule has 0 spiro atoms.